The molecule has 1 aromatic heterocycles. The standard InChI is InChI=1S/C12H10ClNO/c13-10-5-6-14-12(7-10)11-4-2-1-3-9(11)8-15/h1-7,15H,8H2. The normalized spacial score (nSPS) is 10.3. The maximum atomic E-state index is 9.19. The van der Waals surface area contributed by atoms with Crippen molar-refractivity contribution in [3.8, 4) is 11.3 Å². The van der Waals surface area contributed by atoms with Crippen LogP contribution in [0, 0.1) is 0 Å². The van der Waals surface area contributed by atoms with Gasteiger partial charge in [0.2, 0.25) is 0 Å². The number of aromatic nitrogens is 1. The first-order valence-corrected chi connectivity index (χ1v) is 5.00. The van der Waals surface area contributed by atoms with E-state index in [1.165, 1.54) is 0 Å². The fourth-order valence-electron chi connectivity index (χ4n) is 1.46. The molecule has 1 heterocycles. The van der Waals surface area contributed by atoms with E-state index < -0.39 is 0 Å². The molecule has 0 bridgehead atoms. The Morgan fingerprint density at radius 2 is 2.00 bits per heavy atom. The lowest BCUT2D eigenvalue weighted by molar-refractivity contribution is 0.282. The Balaban J connectivity index is 2.53. The van der Waals surface area contributed by atoms with Crippen LogP contribution < -0.4 is 0 Å². The van der Waals surface area contributed by atoms with Gasteiger partial charge in [-0.05, 0) is 17.7 Å². The predicted molar refractivity (Wildman–Crippen MR) is 60.6 cm³/mol. The van der Waals surface area contributed by atoms with Crippen molar-refractivity contribution >= 4 is 11.6 Å². The van der Waals surface area contributed by atoms with Crippen LogP contribution in [0.25, 0.3) is 11.3 Å². The number of aliphatic hydroxyl groups is 1. The molecule has 1 aromatic carbocycles. The summed E-state index contributed by atoms with van der Waals surface area (Å²) in [7, 11) is 0. The summed E-state index contributed by atoms with van der Waals surface area (Å²) in [6.45, 7) is 0.00433. The summed E-state index contributed by atoms with van der Waals surface area (Å²) in [4.78, 5) is 4.22. The summed E-state index contributed by atoms with van der Waals surface area (Å²) in [5.41, 5.74) is 2.56. The summed E-state index contributed by atoms with van der Waals surface area (Å²) in [5, 5.41) is 9.83. The van der Waals surface area contributed by atoms with Gasteiger partial charge in [0.1, 0.15) is 0 Å². The molecule has 1 N–H and O–H groups in total. The van der Waals surface area contributed by atoms with Gasteiger partial charge in [-0.15, -0.1) is 0 Å². The molecule has 2 nitrogen and oxygen atoms in total. The Bertz CT molecular complexity index is 471. The van der Waals surface area contributed by atoms with Gasteiger partial charge in [0, 0.05) is 16.8 Å². The number of hydrogen-bond donors (Lipinski definition) is 1. The number of halogens is 1. The van der Waals surface area contributed by atoms with Crippen molar-refractivity contribution in [1.29, 1.82) is 0 Å². The zero-order chi connectivity index (χ0) is 10.7. The fraction of sp³-hybridized carbons (Fsp3) is 0.0833. The summed E-state index contributed by atoms with van der Waals surface area (Å²) in [6, 6.07) is 11.1. The molecule has 0 aliphatic heterocycles. The predicted octanol–water partition coefficient (Wildman–Crippen LogP) is 2.89. The Morgan fingerprint density at radius 1 is 1.20 bits per heavy atom. The summed E-state index contributed by atoms with van der Waals surface area (Å²) in [5.74, 6) is 0. The van der Waals surface area contributed by atoms with Crippen LogP contribution in [-0.4, -0.2) is 10.1 Å². The molecule has 76 valence electrons. The van der Waals surface area contributed by atoms with Gasteiger partial charge in [-0.3, -0.25) is 4.98 Å². The molecule has 2 rings (SSSR count). The highest BCUT2D eigenvalue weighted by Gasteiger charge is 2.04. The topological polar surface area (TPSA) is 33.1 Å². The molecule has 0 atom stereocenters. The van der Waals surface area contributed by atoms with Crippen LogP contribution in [0.5, 0.6) is 0 Å². The molecule has 0 saturated carbocycles. The molecular weight excluding hydrogens is 210 g/mol. The van der Waals surface area contributed by atoms with Crippen LogP contribution in [0.15, 0.2) is 42.6 Å². The lowest BCUT2D eigenvalue weighted by atomic mass is 10.0. The number of pyridine rings is 1. The zero-order valence-electron chi connectivity index (χ0n) is 8.02. The molecule has 2 aromatic rings. The second kappa shape index (κ2) is 4.43. The number of benzene rings is 1. The van der Waals surface area contributed by atoms with Crippen LogP contribution in [0.4, 0.5) is 0 Å². The molecule has 0 fully saturated rings. The average Bonchev–Trinajstić information content (AvgIpc) is 2.29. The van der Waals surface area contributed by atoms with Crippen LogP contribution in [0.3, 0.4) is 0 Å². The van der Waals surface area contributed by atoms with Gasteiger partial charge in [0.25, 0.3) is 0 Å². The molecule has 3 heteroatoms. The van der Waals surface area contributed by atoms with E-state index in [9.17, 15) is 5.11 Å². The van der Waals surface area contributed by atoms with Gasteiger partial charge in [0.15, 0.2) is 0 Å². The third-order valence-corrected chi connectivity index (χ3v) is 2.42. The number of rotatable bonds is 2. The monoisotopic (exact) mass is 219 g/mol. The van der Waals surface area contributed by atoms with Gasteiger partial charge in [0.05, 0.1) is 12.3 Å². The quantitative estimate of drug-likeness (QED) is 0.843. The van der Waals surface area contributed by atoms with Gasteiger partial charge in [-0.25, -0.2) is 0 Å². The van der Waals surface area contributed by atoms with Crippen molar-refractivity contribution in [2.45, 2.75) is 6.61 Å². The van der Waals surface area contributed by atoms with E-state index in [2.05, 4.69) is 4.98 Å². The van der Waals surface area contributed by atoms with Crippen LogP contribution >= 0.6 is 11.6 Å². The van der Waals surface area contributed by atoms with Gasteiger partial charge in [-0.1, -0.05) is 35.9 Å². The average molecular weight is 220 g/mol. The van der Waals surface area contributed by atoms with E-state index >= 15 is 0 Å². The third-order valence-electron chi connectivity index (χ3n) is 2.19. The van der Waals surface area contributed by atoms with Crippen molar-refractivity contribution in [3.05, 3.63) is 53.2 Å². The molecule has 0 saturated heterocycles. The number of hydrogen-bond acceptors (Lipinski definition) is 2. The van der Waals surface area contributed by atoms with E-state index in [0.717, 1.165) is 16.8 Å². The van der Waals surface area contributed by atoms with Crippen molar-refractivity contribution in [2.24, 2.45) is 0 Å². The van der Waals surface area contributed by atoms with Crippen LogP contribution in [0.2, 0.25) is 5.02 Å². The summed E-state index contributed by atoms with van der Waals surface area (Å²) >= 11 is 5.89. The molecule has 0 aliphatic carbocycles. The lowest BCUT2D eigenvalue weighted by Crippen LogP contribution is -1.90. The number of aliphatic hydroxyl groups excluding tert-OH is 1. The lowest BCUT2D eigenvalue weighted by Gasteiger charge is -2.06. The second-order valence-electron chi connectivity index (χ2n) is 3.17. The SMILES string of the molecule is OCc1ccccc1-c1cc(Cl)ccn1. The minimum absolute atomic E-state index is 0.00433. The highest BCUT2D eigenvalue weighted by Crippen LogP contribution is 2.23. The minimum Gasteiger partial charge on any atom is -0.392 e. The smallest absolute Gasteiger partial charge is 0.0720 e. The van der Waals surface area contributed by atoms with E-state index in [1.807, 2.05) is 24.3 Å². The molecule has 15 heavy (non-hydrogen) atoms. The van der Waals surface area contributed by atoms with E-state index in [-0.39, 0.29) is 6.61 Å². The third kappa shape index (κ3) is 2.17. The Labute approximate surface area is 93.2 Å². The summed E-state index contributed by atoms with van der Waals surface area (Å²) in [6.07, 6.45) is 1.66. The molecular formula is C12H10ClNO. The highest BCUT2D eigenvalue weighted by atomic mass is 35.5. The first-order valence-electron chi connectivity index (χ1n) is 4.62. The van der Waals surface area contributed by atoms with E-state index in [1.54, 1.807) is 18.3 Å². The summed E-state index contributed by atoms with van der Waals surface area (Å²) < 4.78 is 0. The van der Waals surface area contributed by atoms with Crippen LogP contribution in [-0.2, 0) is 6.61 Å². The van der Waals surface area contributed by atoms with Gasteiger partial charge in [-0.2, -0.15) is 0 Å². The maximum Gasteiger partial charge on any atom is 0.0720 e. The molecule has 0 aliphatic rings. The maximum absolute atomic E-state index is 9.19. The van der Waals surface area contributed by atoms with Crippen molar-refractivity contribution in [1.82, 2.24) is 4.98 Å². The fourth-order valence-corrected chi connectivity index (χ4v) is 1.62. The molecule has 0 radical (unpaired) electrons. The molecule has 0 amide bonds. The Kier molecular flexibility index (Phi) is 2.99. The van der Waals surface area contributed by atoms with Gasteiger partial charge < -0.3 is 5.11 Å². The zero-order valence-corrected chi connectivity index (χ0v) is 8.78. The first kappa shape index (κ1) is 10.1. The minimum atomic E-state index is 0.00433. The molecule has 0 spiro atoms. The Morgan fingerprint density at radius 3 is 2.73 bits per heavy atom. The second-order valence-corrected chi connectivity index (χ2v) is 3.61. The largest absolute Gasteiger partial charge is 0.392 e. The van der Waals surface area contributed by atoms with Crippen LogP contribution in [0.1, 0.15) is 5.56 Å². The Hall–Kier alpha value is -1.38. The van der Waals surface area contributed by atoms with Crippen molar-refractivity contribution < 1.29 is 5.11 Å². The molecule has 0 unspecified atom stereocenters. The van der Waals surface area contributed by atoms with Crippen molar-refractivity contribution in [2.75, 3.05) is 0 Å². The number of nitrogens with zero attached hydrogens (tertiary/aromatic N) is 1. The highest BCUT2D eigenvalue weighted by molar-refractivity contribution is 6.30. The van der Waals surface area contributed by atoms with Crippen molar-refractivity contribution in [3.63, 3.8) is 0 Å². The van der Waals surface area contributed by atoms with E-state index in [4.69, 9.17) is 11.6 Å². The van der Waals surface area contributed by atoms with E-state index in [0.29, 0.717) is 5.02 Å². The first-order chi connectivity index (χ1) is 7.31. The van der Waals surface area contributed by atoms with Gasteiger partial charge >= 0.3 is 0 Å².